The Bertz CT molecular complexity index is 737. The van der Waals surface area contributed by atoms with Crippen LogP contribution in [-0.2, 0) is 0 Å². The van der Waals surface area contributed by atoms with E-state index in [0.29, 0.717) is 17.1 Å². The van der Waals surface area contributed by atoms with Crippen LogP contribution >= 0.6 is 39.1 Å². The minimum Gasteiger partial charge on any atom is -0.214 e. The molecule has 8 heteroatoms. The number of aromatic nitrogens is 5. The van der Waals surface area contributed by atoms with E-state index in [1.807, 2.05) is 24.3 Å². The largest absolute Gasteiger partial charge is 0.214 e. The van der Waals surface area contributed by atoms with Crippen molar-refractivity contribution < 1.29 is 0 Å². The van der Waals surface area contributed by atoms with Crippen LogP contribution in [0.3, 0.4) is 0 Å². The molecule has 0 saturated heterocycles. The average molecular weight is 371 g/mol. The van der Waals surface area contributed by atoms with Crippen LogP contribution < -0.4 is 0 Å². The SMILES string of the molecule is Clc1nc(-c2cn[nH]n2)nc(Cl)c1-c1ccccc1Br. The van der Waals surface area contributed by atoms with E-state index in [1.54, 1.807) is 0 Å². The fraction of sp³-hybridized carbons (Fsp3) is 0. The van der Waals surface area contributed by atoms with Gasteiger partial charge in [0.25, 0.3) is 0 Å². The van der Waals surface area contributed by atoms with Gasteiger partial charge in [0.15, 0.2) is 5.82 Å². The van der Waals surface area contributed by atoms with Crippen LogP contribution in [0.15, 0.2) is 34.9 Å². The Hall–Kier alpha value is -1.50. The molecule has 100 valence electrons. The molecule has 3 rings (SSSR count). The van der Waals surface area contributed by atoms with E-state index in [1.165, 1.54) is 6.20 Å². The van der Waals surface area contributed by atoms with Crippen molar-refractivity contribution in [1.29, 1.82) is 0 Å². The molecule has 0 unspecified atom stereocenters. The maximum Gasteiger partial charge on any atom is 0.184 e. The Labute approximate surface area is 132 Å². The van der Waals surface area contributed by atoms with Gasteiger partial charge >= 0.3 is 0 Å². The number of halogens is 3. The van der Waals surface area contributed by atoms with Crippen molar-refractivity contribution in [3.05, 3.63) is 45.2 Å². The Morgan fingerprint density at radius 2 is 1.75 bits per heavy atom. The predicted octanol–water partition coefficient (Wildman–Crippen LogP) is 4.00. The van der Waals surface area contributed by atoms with Gasteiger partial charge < -0.3 is 0 Å². The van der Waals surface area contributed by atoms with Crippen molar-refractivity contribution in [2.45, 2.75) is 0 Å². The van der Waals surface area contributed by atoms with Gasteiger partial charge in [0.2, 0.25) is 0 Å². The van der Waals surface area contributed by atoms with Gasteiger partial charge in [0.1, 0.15) is 16.0 Å². The summed E-state index contributed by atoms with van der Waals surface area (Å²) < 4.78 is 0.863. The molecule has 0 amide bonds. The Balaban J connectivity index is 2.17. The topological polar surface area (TPSA) is 67.3 Å². The molecule has 5 nitrogen and oxygen atoms in total. The first-order chi connectivity index (χ1) is 9.66. The molecular weight excluding hydrogens is 365 g/mol. The summed E-state index contributed by atoms with van der Waals surface area (Å²) in [6.07, 6.45) is 1.50. The smallest absolute Gasteiger partial charge is 0.184 e. The van der Waals surface area contributed by atoms with Crippen LogP contribution in [0.1, 0.15) is 0 Å². The van der Waals surface area contributed by atoms with Gasteiger partial charge in [0.05, 0.1) is 11.8 Å². The van der Waals surface area contributed by atoms with E-state index in [4.69, 9.17) is 23.2 Å². The molecule has 0 spiro atoms. The van der Waals surface area contributed by atoms with Gasteiger partial charge in [-0.2, -0.15) is 15.4 Å². The lowest BCUT2D eigenvalue weighted by molar-refractivity contribution is 0.938. The molecule has 0 aliphatic rings. The lowest BCUT2D eigenvalue weighted by Gasteiger charge is -2.09. The second-order valence-electron chi connectivity index (χ2n) is 3.84. The monoisotopic (exact) mass is 369 g/mol. The molecule has 20 heavy (non-hydrogen) atoms. The summed E-state index contributed by atoms with van der Waals surface area (Å²) in [6, 6.07) is 7.57. The zero-order valence-electron chi connectivity index (χ0n) is 9.81. The first-order valence-corrected chi connectivity index (χ1v) is 7.06. The van der Waals surface area contributed by atoms with Crippen molar-refractivity contribution in [1.82, 2.24) is 25.4 Å². The second-order valence-corrected chi connectivity index (χ2v) is 5.41. The van der Waals surface area contributed by atoms with Crippen molar-refractivity contribution >= 4 is 39.1 Å². The molecule has 0 bridgehead atoms. The molecule has 0 aliphatic carbocycles. The van der Waals surface area contributed by atoms with Crippen molar-refractivity contribution in [3.8, 4) is 22.6 Å². The zero-order chi connectivity index (χ0) is 14.1. The maximum atomic E-state index is 6.24. The normalized spacial score (nSPS) is 10.8. The molecule has 0 atom stereocenters. The highest BCUT2D eigenvalue weighted by Gasteiger charge is 2.17. The average Bonchev–Trinajstić information content (AvgIpc) is 2.94. The summed E-state index contributed by atoms with van der Waals surface area (Å²) in [5.74, 6) is 0.324. The van der Waals surface area contributed by atoms with E-state index < -0.39 is 0 Å². The summed E-state index contributed by atoms with van der Waals surface area (Å²) in [5.41, 5.74) is 1.88. The van der Waals surface area contributed by atoms with E-state index in [-0.39, 0.29) is 10.3 Å². The first-order valence-electron chi connectivity index (χ1n) is 5.51. The predicted molar refractivity (Wildman–Crippen MR) is 80.6 cm³/mol. The molecule has 1 aromatic carbocycles. The van der Waals surface area contributed by atoms with E-state index in [2.05, 4.69) is 41.3 Å². The summed E-state index contributed by atoms with van der Waals surface area (Å²) >= 11 is 15.9. The first kappa shape index (κ1) is 13.5. The number of hydrogen-bond donors (Lipinski definition) is 1. The summed E-state index contributed by atoms with van der Waals surface area (Å²) in [6.45, 7) is 0. The van der Waals surface area contributed by atoms with Crippen LogP contribution in [0, 0.1) is 0 Å². The molecule has 1 N–H and O–H groups in total. The molecule has 0 fully saturated rings. The third kappa shape index (κ3) is 2.42. The molecular formula is C12H6BrCl2N5. The molecule has 0 saturated carbocycles. The number of hydrogen-bond acceptors (Lipinski definition) is 4. The number of benzene rings is 1. The van der Waals surface area contributed by atoms with Crippen molar-refractivity contribution in [3.63, 3.8) is 0 Å². The number of nitrogens with zero attached hydrogens (tertiary/aromatic N) is 4. The highest BCUT2D eigenvalue weighted by atomic mass is 79.9. The molecule has 0 radical (unpaired) electrons. The number of aromatic amines is 1. The minimum atomic E-state index is 0.259. The molecule has 2 heterocycles. The van der Waals surface area contributed by atoms with Crippen LogP contribution in [-0.4, -0.2) is 25.4 Å². The van der Waals surface area contributed by atoms with E-state index >= 15 is 0 Å². The fourth-order valence-corrected chi connectivity index (χ4v) is 2.79. The Morgan fingerprint density at radius 1 is 1.05 bits per heavy atom. The van der Waals surface area contributed by atoms with Crippen molar-refractivity contribution in [2.24, 2.45) is 0 Å². The second kappa shape index (κ2) is 5.47. The standard InChI is InChI=1S/C12H6BrCl2N5/c13-7-4-2-1-3-6(7)9-10(14)17-12(18-11(9)15)8-5-16-20-19-8/h1-5H,(H,16,19,20). The third-order valence-corrected chi connectivity index (χ3v) is 3.85. The lowest BCUT2D eigenvalue weighted by atomic mass is 10.1. The lowest BCUT2D eigenvalue weighted by Crippen LogP contribution is -1.95. The molecule has 3 aromatic rings. The highest BCUT2D eigenvalue weighted by molar-refractivity contribution is 9.10. The van der Waals surface area contributed by atoms with Gasteiger partial charge in [-0.15, -0.1) is 0 Å². The maximum absolute atomic E-state index is 6.24. The zero-order valence-corrected chi connectivity index (χ0v) is 12.9. The van der Waals surface area contributed by atoms with Crippen LogP contribution in [0.5, 0.6) is 0 Å². The number of nitrogens with one attached hydrogen (secondary N) is 1. The molecule has 2 aromatic heterocycles. The van der Waals surface area contributed by atoms with Crippen molar-refractivity contribution in [2.75, 3.05) is 0 Å². The van der Waals surface area contributed by atoms with E-state index in [9.17, 15) is 0 Å². The summed E-state index contributed by atoms with van der Waals surface area (Å²) in [5, 5.41) is 10.6. The summed E-state index contributed by atoms with van der Waals surface area (Å²) in [4.78, 5) is 8.44. The Kier molecular flexibility index (Phi) is 3.69. The number of rotatable bonds is 2. The van der Waals surface area contributed by atoms with Gasteiger partial charge in [-0.05, 0) is 6.07 Å². The van der Waals surface area contributed by atoms with Gasteiger partial charge in [0, 0.05) is 10.0 Å². The highest BCUT2D eigenvalue weighted by Crippen LogP contribution is 2.37. The quantitative estimate of drug-likeness (QED) is 0.692. The number of H-pyrrole nitrogens is 1. The fourth-order valence-electron chi connectivity index (χ4n) is 1.72. The van der Waals surface area contributed by atoms with Crippen LogP contribution in [0.4, 0.5) is 0 Å². The minimum absolute atomic E-state index is 0.259. The van der Waals surface area contributed by atoms with Crippen LogP contribution in [0.25, 0.3) is 22.6 Å². The van der Waals surface area contributed by atoms with Crippen LogP contribution in [0.2, 0.25) is 10.3 Å². The summed E-state index contributed by atoms with van der Waals surface area (Å²) in [7, 11) is 0. The van der Waals surface area contributed by atoms with Gasteiger partial charge in [-0.25, -0.2) is 9.97 Å². The van der Waals surface area contributed by atoms with Gasteiger partial charge in [-0.3, -0.25) is 0 Å². The molecule has 0 aliphatic heterocycles. The third-order valence-electron chi connectivity index (χ3n) is 2.61. The van der Waals surface area contributed by atoms with Gasteiger partial charge in [-0.1, -0.05) is 57.3 Å². The Morgan fingerprint density at radius 3 is 2.35 bits per heavy atom. The van der Waals surface area contributed by atoms with E-state index in [0.717, 1.165) is 10.0 Å².